The summed E-state index contributed by atoms with van der Waals surface area (Å²) in [6.07, 6.45) is 7.85. The molecule has 0 saturated heterocycles. The Kier molecular flexibility index (Phi) is 10.1. The van der Waals surface area contributed by atoms with Crippen LogP contribution in [0.4, 0.5) is 0 Å². The van der Waals surface area contributed by atoms with Gasteiger partial charge in [0, 0.05) is 0 Å². The Morgan fingerprint density at radius 2 is 1.03 bits per heavy atom. The molecule has 0 amide bonds. The van der Waals surface area contributed by atoms with Crippen LogP contribution in [-0.4, -0.2) is 30.3 Å². The first kappa shape index (κ1) is 30.8. The van der Waals surface area contributed by atoms with Crippen LogP contribution in [0.3, 0.4) is 0 Å². The number of benzene rings is 1. The molecular formula is C32H56AlSi2-. The van der Waals surface area contributed by atoms with Crippen molar-refractivity contribution in [3.8, 4) is 0 Å². The smallest absolute Gasteiger partial charge is 0.243 e. The lowest BCUT2D eigenvalue weighted by Gasteiger charge is -2.60. The summed E-state index contributed by atoms with van der Waals surface area (Å²) in [7, 11) is -3.57. The third-order valence-electron chi connectivity index (χ3n) is 9.93. The van der Waals surface area contributed by atoms with E-state index in [-0.39, 0.29) is 0 Å². The summed E-state index contributed by atoms with van der Waals surface area (Å²) in [4.78, 5) is 0. The average molecular weight is 524 g/mol. The van der Waals surface area contributed by atoms with E-state index in [1.54, 1.807) is 15.6 Å². The van der Waals surface area contributed by atoms with E-state index in [1.807, 2.05) is 8.46 Å². The Morgan fingerprint density at radius 1 is 0.629 bits per heavy atom. The van der Waals surface area contributed by atoms with E-state index >= 15 is 0 Å². The number of allylic oxidation sites excluding steroid dienone is 3. The summed E-state index contributed by atoms with van der Waals surface area (Å²) in [5, 5.41) is 0. The molecule has 1 aromatic carbocycles. The third kappa shape index (κ3) is 5.02. The molecule has 0 radical (unpaired) electrons. The van der Waals surface area contributed by atoms with Gasteiger partial charge in [0.15, 0.2) is 0 Å². The number of aryl methyl sites for hydroxylation is 3. The molecule has 0 nitrogen and oxygen atoms in total. The first-order valence-corrected chi connectivity index (χ1v) is 20.6. The zero-order valence-electron chi connectivity index (χ0n) is 25.9. The van der Waals surface area contributed by atoms with Gasteiger partial charge in [0.05, 0.1) is 8.07 Å². The van der Waals surface area contributed by atoms with Gasteiger partial charge in [-0.05, 0) is 45.5 Å². The molecule has 196 valence electrons. The van der Waals surface area contributed by atoms with E-state index < -0.39 is 30.3 Å². The molecule has 0 spiro atoms. The van der Waals surface area contributed by atoms with Gasteiger partial charge in [0.25, 0.3) is 0 Å². The fourth-order valence-electron chi connectivity index (χ4n) is 9.36. The van der Waals surface area contributed by atoms with E-state index in [1.165, 1.54) is 5.56 Å². The highest BCUT2D eigenvalue weighted by molar-refractivity contribution is 7.15. The molecule has 3 heteroatoms. The Balaban J connectivity index is 3.07. The molecule has 1 aliphatic heterocycles. The number of hydrogen-bond acceptors (Lipinski definition) is 0. The van der Waals surface area contributed by atoms with Crippen molar-refractivity contribution in [1.29, 1.82) is 0 Å². The van der Waals surface area contributed by atoms with Crippen LogP contribution < -0.4 is 4.43 Å². The molecule has 0 N–H and O–H groups in total. The standard InChI is InChI=1S/C23H45Si2.C9H11.Al/c1-18(2)24(19(3)4,20(5)6)16-14-13-15-17-25(21(7)8,22(9)10)23(11)12;1-7-4-8(2)6-9(3)5-7;/h13-15,18-23H,1-12H3;4-5H,1-3H3;/q-1;;. The van der Waals surface area contributed by atoms with Crippen LogP contribution in [0, 0.1) is 25.2 Å². The van der Waals surface area contributed by atoms with E-state index in [4.69, 9.17) is 0 Å². The van der Waals surface area contributed by atoms with Gasteiger partial charge < -0.3 is 0 Å². The van der Waals surface area contributed by atoms with Crippen LogP contribution >= 0.6 is 0 Å². The summed E-state index contributed by atoms with van der Waals surface area (Å²) < 4.78 is 5.69. The molecule has 0 aromatic heterocycles. The van der Waals surface area contributed by atoms with Crippen molar-refractivity contribution < 1.29 is 0 Å². The minimum atomic E-state index is -1.78. The Morgan fingerprint density at radius 3 is 1.37 bits per heavy atom. The summed E-state index contributed by atoms with van der Waals surface area (Å²) in [6, 6.07) is 4.96. The molecular weight excluding hydrogens is 468 g/mol. The fraction of sp³-hybridized carbons (Fsp3) is 0.656. The van der Waals surface area contributed by atoms with Crippen LogP contribution in [0.15, 0.2) is 34.4 Å². The first-order valence-electron chi connectivity index (χ1n) is 14.4. The van der Waals surface area contributed by atoms with Crippen LogP contribution in [0.25, 0.3) is 0 Å². The quantitative estimate of drug-likeness (QED) is 0.223. The molecule has 0 bridgehead atoms. The van der Waals surface area contributed by atoms with Crippen molar-refractivity contribution in [2.75, 3.05) is 0 Å². The fourth-order valence-corrected chi connectivity index (χ4v) is 37.0. The van der Waals surface area contributed by atoms with Crippen molar-refractivity contribution in [3.63, 3.8) is 0 Å². The van der Waals surface area contributed by atoms with Gasteiger partial charge in [-0.1, -0.05) is 129 Å². The molecule has 1 aliphatic rings. The lowest BCUT2D eigenvalue weighted by molar-refractivity contribution is 0.818. The van der Waals surface area contributed by atoms with Gasteiger partial charge >= 0.3 is 0 Å². The summed E-state index contributed by atoms with van der Waals surface area (Å²) in [6.45, 7) is 37.8. The maximum Gasteiger partial charge on any atom is 0.248 e. The molecule has 2 rings (SSSR count). The molecule has 0 saturated carbocycles. The van der Waals surface area contributed by atoms with Gasteiger partial charge in [0.1, 0.15) is 0 Å². The van der Waals surface area contributed by atoms with Gasteiger partial charge in [-0.15, -0.1) is 4.43 Å². The van der Waals surface area contributed by atoms with Gasteiger partial charge in [-0.3, -0.25) is 0 Å². The predicted molar refractivity (Wildman–Crippen MR) is 169 cm³/mol. The lowest BCUT2D eigenvalue weighted by atomic mass is 10.1. The van der Waals surface area contributed by atoms with Gasteiger partial charge in [-0.2, -0.15) is 10.1 Å². The monoisotopic (exact) mass is 523 g/mol. The Bertz CT molecular complexity index is 866. The molecule has 35 heavy (non-hydrogen) atoms. The first-order chi connectivity index (χ1) is 16.1. The highest BCUT2D eigenvalue weighted by atomic mass is 28.3. The van der Waals surface area contributed by atoms with Gasteiger partial charge in [-0.25, -0.2) is 16.6 Å². The maximum atomic E-state index is 2.67. The van der Waals surface area contributed by atoms with Crippen LogP contribution in [0.2, 0.25) is 33.2 Å². The van der Waals surface area contributed by atoms with Crippen LogP contribution in [-0.2, 0) is 0 Å². The zero-order valence-corrected chi connectivity index (χ0v) is 29.1. The van der Waals surface area contributed by atoms with Crippen LogP contribution in [0.1, 0.15) is 99.8 Å². The molecule has 0 fully saturated rings. The highest BCUT2D eigenvalue weighted by Gasteiger charge is 2.53. The summed E-state index contributed by atoms with van der Waals surface area (Å²) >= 11 is -1.59. The van der Waals surface area contributed by atoms with E-state index in [0.717, 1.165) is 33.2 Å². The Labute approximate surface area is 226 Å². The molecule has 0 atom stereocenters. The van der Waals surface area contributed by atoms with Crippen molar-refractivity contribution in [3.05, 3.63) is 55.5 Å². The zero-order chi connectivity index (χ0) is 27.0. The average Bonchev–Trinajstić information content (AvgIpc) is 2.67. The topological polar surface area (TPSA) is 0 Å². The second-order valence-electron chi connectivity index (χ2n) is 13.5. The van der Waals surface area contributed by atoms with E-state index in [2.05, 4.69) is 134 Å². The molecule has 1 aromatic rings. The van der Waals surface area contributed by atoms with Crippen molar-refractivity contribution in [2.24, 2.45) is 0 Å². The summed E-state index contributed by atoms with van der Waals surface area (Å²) in [5.41, 5.74) is 8.99. The normalized spacial score (nSPS) is 15.6. The second-order valence-corrected chi connectivity index (χ2v) is 29.1. The molecule has 0 unspecified atom stereocenters. The SMILES string of the molecule is Cc1cc(C)[c]([Al]2[C]([Si](C(C)C)(C(C)C)C(C)C)=CC=C[C-]2[Si](C(C)C)(C(C)C)C(C)C)c(C)c1. The third-order valence-corrected chi connectivity index (χ3v) is 31.6. The minimum Gasteiger partial charge on any atom is -0.243 e. The maximum absolute atomic E-state index is 2.67. The van der Waals surface area contributed by atoms with E-state index in [0.29, 0.717) is 0 Å². The highest BCUT2D eigenvalue weighted by Crippen LogP contribution is 2.54. The largest absolute Gasteiger partial charge is 0.248 e. The molecule has 0 aliphatic carbocycles. The second kappa shape index (κ2) is 11.5. The van der Waals surface area contributed by atoms with Crippen molar-refractivity contribution in [1.82, 2.24) is 0 Å². The van der Waals surface area contributed by atoms with E-state index in [9.17, 15) is 0 Å². The van der Waals surface area contributed by atoms with Crippen molar-refractivity contribution >= 4 is 34.7 Å². The lowest BCUT2D eigenvalue weighted by Crippen LogP contribution is -2.64. The molecule has 1 heterocycles. The predicted octanol–water partition coefficient (Wildman–Crippen LogP) is 9.90. The van der Waals surface area contributed by atoms with Crippen molar-refractivity contribution in [2.45, 2.75) is 137 Å². The Hall–Kier alpha value is -0.464. The van der Waals surface area contributed by atoms with Gasteiger partial charge in [0.2, 0.25) is 14.1 Å². The minimum absolute atomic E-state index is 0.746. The van der Waals surface area contributed by atoms with Crippen LogP contribution in [0.5, 0.6) is 0 Å². The summed E-state index contributed by atoms with van der Waals surface area (Å²) in [5.74, 6) is 0. The number of hydrogen-bond donors (Lipinski definition) is 0. The number of rotatable bonds is 9.